The standard InChI is InChI=1S/C14H9BrFNOS/c15-10-2-1-9(12(16)7-10)8-17-5-3-13-11(14(17)18)4-6-19-13/h1-7H,8H2. The molecular weight excluding hydrogens is 329 g/mol. The van der Waals surface area contributed by atoms with Crippen LogP contribution in [0.25, 0.3) is 10.1 Å². The van der Waals surface area contributed by atoms with Gasteiger partial charge in [0.2, 0.25) is 0 Å². The molecule has 0 N–H and O–H groups in total. The maximum atomic E-state index is 13.8. The molecule has 0 saturated carbocycles. The Morgan fingerprint density at radius 3 is 2.89 bits per heavy atom. The first-order chi connectivity index (χ1) is 9.15. The summed E-state index contributed by atoms with van der Waals surface area (Å²) in [6, 6.07) is 8.55. The Labute approximate surface area is 121 Å². The van der Waals surface area contributed by atoms with E-state index < -0.39 is 0 Å². The third kappa shape index (κ3) is 2.35. The van der Waals surface area contributed by atoms with Crippen molar-refractivity contribution in [1.82, 2.24) is 4.57 Å². The van der Waals surface area contributed by atoms with Gasteiger partial charge in [-0.1, -0.05) is 22.0 Å². The third-order valence-corrected chi connectivity index (χ3v) is 4.32. The van der Waals surface area contributed by atoms with Gasteiger partial charge in [-0.2, -0.15) is 0 Å². The molecule has 0 spiro atoms. The molecule has 0 amide bonds. The number of aromatic nitrogens is 1. The van der Waals surface area contributed by atoms with Crippen molar-refractivity contribution in [2.45, 2.75) is 6.54 Å². The monoisotopic (exact) mass is 337 g/mol. The summed E-state index contributed by atoms with van der Waals surface area (Å²) < 4.78 is 17.0. The van der Waals surface area contributed by atoms with E-state index in [1.54, 1.807) is 24.4 Å². The zero-order valence-electron chi connectivity index (χ0n) is 9.77. The summed E-state index contributed by atoms with van der Waals surface area (Å²) in [5.74, 6) is -0.313. The molecule has 0 fully saturated rings. The number of benzene rings is 1. The van der Waals surface area contributed by atoms with Gasteiger partial charge in [0.25, 0.3) is 5.56 Å². The van der Waals surface area contributed by atoms with Crippen molar-refractivity contribution < 1.29 is 4.39 Å². The Morgan fingerprint density at radius 2 is 2.11 bits per heavy atom. The van der Waals surface area contributed by atoms with E-state index in [-0.39, 0.29) is 17.9 Å². The van der Waals surface area contributed by atoms with Gasteiger partial charge in [0, 0.05) is 20.9 Å². The van der Waals surface area contributed by atoms with Gasteiger partial charge in [-0.25, -0.2) is 4.39 Å². The highest BCUT2D eigenvalue weighted by molar-refractivity contribution is 9.10. The molecule has 3 aromatic rings. The van der Waals surface area contributed by atoms with Crippen molar-refractivity contribution in [3.63, 3.8) is 0 Å². The fraction of sp³-hybridized carbons (Fsp3) is 0.0714. The molecule has 0 aliphatic carbocycles. The Morgan fingerprint density at radius 1 is 1.26 bits per heavy atom. The van der Waals surface area contributed by atoms with E-state index in [4.69, 9.17) is 0 Å². The fourth-order valence-corrected chi connectivity index (χ4v) is 3.07. The molecule has 0 unspecified atom stereocenters. The van der Waals surface area contributed by atoms with E-state index in [0.717, 1.165) is 4.70 Å². The molecule has 96 valence electrons. The lowest BCUT2D eigenvalue weighted by molar-refractivity contribution is 0.596. The highest BCUT2D eigenvalue weighted by atomic mass is 79.9. The minimum absolute atomic E-state index is 0.0823. The van der Waals surface area contributed by atoms with Crippen LogP contribution in [0.1, 0.15) is 5.56 Å². The second-order valence-corrected chi connectivity index (χ2v) is 6.05. The average molecular weight is 338 g/mol. The van der Waals surface area contributed by atoms with E-state index in [1.807, 2.05) is 11.4 Å². The molecule has 2 heterocycles. The number of rotatable bonds is 2. The fourth-order valence-electron chi connectivity index (χ4n) is 1.96. The number of hydrogen-bond acceptors (Lipinski definition) is 2. The van der Waals surface area contributed by atoms with Gasteiger partial charge in [0.1, 0.15) is 5.82 Å². The first-order valence-electron chi connectivity index (χ1n) is 5.66. The first kappa shape index (κ1) is 12.6. The Hall–Kier alpha value is -1.46. The van der Waals surface area contributed by atoms with Crippen molar-refractivity contribution in [2.24, 2.45) is 0 Å². The van der Waals surface area contributed by atoms with Crippen LogP contribution in [0, 0.1) is 5.82 Å². The van der Waals surface area contributed by atoms with Gasteiger partial charge in [-0.15, -0.1) is 11.3 Å². The van der Waals surface area contributed by atoms with Gasteiger partial charge in [0.15, 0.2) is 0 Å². The average Bonchev–Trinajstić information content (AvgIpc) is 2.85. The van der Waals surface area contributed by atoms with Crippen LogP contribution in [0.15, 0.2) is 51.2 Å². The molecule has 2 nitrogen and oxygen atoms in total. The minimum atomic E-state index is -0.313. The predicted molar refractivity (Wildman–Crippen MR) is 79.3 cm³/mol. The molecule has 19 heavy (non-hydrogen) atoms. The lowest BCUT2D eigenvalue weighted by Gasteiger charge is -2.07. The Balaban J connectivity index is 2.05. The van der Waals surface area contributed by atoms with Crippen molar-refractivity contribution in [3.8, 4) is 0 Å². The summed E-state index contributed by atoms with van der Waals surface area (Å²) >= 11 is 4.74. The second kappa shape index (κ2) is 4.90. The first-order valence-corrected chi connectivity index (χ1v) is 7.33. The predicted octanol–water partition coefficient (Wildman–Crippen LogP) is 4.01. The molecule has 0 atom stereocenters. The number of halogens is 2. The molecule has 0 aliphatic rings. The molecule has 0 bridgehead atoms. The third-order valence-electron chi connectivity index (χ3n) is 2.95. The lowest BCUT2D eigenvalue weighted by Crippen LogP contribution is -2.19. The van der Waals surface area contributed by atoms with Gasteiger partial charge in [-0.3, -0.25) is 4.79 Å². The molecular formula is C14H9BrFNOS. The van der Waals surface area contributed by atoms with Crippen molar-refractivity contribution in [1.29, 1.82) is 0 Å². The number of fused-ring (bicyclic) bond motifs is 1. The minimum Gasteiger partial charge on any atom is -0.310 e. The summed E-state index contributed by atoms with van der Waals surface area (Å²) in [4.78, 5) is 12.2. The van der Waals surface area contributed by atoms with Crippen molar-refractivity contribution >= 4 is 37.4 Å². The molecule has 5 heteroatoms. The van der Waals surface area contributed by atoms with E-state index in [2.05, 4.69) is 15.9 Å². The maximum Gasteiger partial charge on any atom is 0.259 e. The quantitative estimate of drug-likeness (QED) is 0.692. The Bertz CT molecular complexity index is 809. The van der Waals surface area contributed by atoms with Crippen LogP contribution < -0.4 is 5.56 Å². The molecule has 1 aromatic carbocycles. The lowest BCUT2D eigenvalue weighted by atomic mass is 10.2. The highest BCUT2D eigenvalue weighted by Gasteiger charge is 2.07. The summed E-state index contributed by atoms with van der Waals surface area (Å²) in [6.07, 6.45) is 1.71. The van der Waals surface area contributed by atoms with Gasteiger partial charge >= 0.3 is 0 Å². The molecule has 0 aliphatic heterocycles. The molecule has 3 rings (SSSR count). The van der Waals surface area contributed by atoms with Crippen LogP contribution in [0.2, 0.25) is 0 Å². The van der Waals surface area contributed by atoms with Crippen LogP contribution >= 0.6 is 27.3 Å². The van der Waals surface area contributed by atoms with Crippen LogP contribution in [0.4, 0.5) is 4.39 Å². The number of pyridine rings is 1. The van der Waals surface area contributed by atoms with Gasteiger partial charge < -0.3 is 4.57 Å². The molecule has 0 saturated heterocycles. The van der Waals surface area contributed by atoms with Gasteiger partial charge in [0.05, 0.1) is 11.9 Å². The number of hydrogen-bond donors (Lipinski definition) is 0. The number of nitrogens with zero attached hydrogens (tertiary/aromatic N) is 1. The van der Waals surface area contributed by atoms with Crippen molar-refractivity contribution in [2.75, 3.05) is 0 Å². The maximum absolute atomic E-state index is 13.8. The van der Waals surface area contributed by atoms with E-state index in [0.29, 0.717) is 15.4 Å². The highest BCUT2D eigenvalue weighted by Crippen LogP contribution is 2.18. The zero-order valence-corrected chi connectivity index (χ0v) is 12.2. The van der Waals surface area contributed by atoms with Crippen LogP contribution in [-0.2, 0) is 6.54 Å². The summed E-state index contributed by atoms with van der Waals surface area (Å²) in [6.45, 7) is 0.240. The molecule has 2 aromatic heterocycles. The zero-order chi connectivity index (χ0) is 13.4. The van der Waals surface area contributed by atoms with Crippen molar-refractivity contribution in [3.05, 3.63) is 68.1 Å². The van der Waals surface area contributed by atoms with Crippen LogP contribution in [0.3, 0.4) is 0 Å². The summed E-state index contributed by atoms with van der Waals surface area (Å²) in [7, 11) is 0. The normalized spacial score (nSPS) is 11.1. The summed E-state index contributed by atoms with van der Waals surface area (Å²) in [5.41, 5.74) is 0.418. The summed E-state index contributed by atoms with van der Waals surface area (Å²) in [5, 5.41) is 2.57. The largest absolute Gasteiger partial charge is 0.310 e. The van der Waals surface area contributed by atoms with Crippen LogP contribution in [0.5, 0.6) is 0 Å². The van der Waals surface area contributed by atoms with E-state index in [9.17, 15) is 9.18 Å². The Kier molecular flexibility index (Phi) is 3.24. The van der Waals surface area contributed by atoms with Crippen LogP contribution in [-0.4, -0.2) is 4.57 Å². The SMILES string of the molecule is O=c1c2ccsc2ccn1Cc1ccc(Br)cc1F. The van der Waals surface area contributed by atoms with E-state index >= 15 is 0 Å². The number of thiophene rings is 1. The van der Waals surface area contributed by atoms with E-state index in [1.165, 1.54) is 22.0 Å². The molecule has 0 radical (unpaired) electrons. The second-order valence-electron chi connectivity index (χ2n) is 4.18. The smallest absolute Gasteiger partial charge is 0.259 e. The topological polar surface area (TPSA) is 22.0 Å². The van der Waals surface area contributed by atoms with Gasteiger partial charge in [-0.05, 0) is 29.6 Å².